The number of carbonyl (C=O) groups excluding carboxylic acids is 1. The van der Waals surface area contributed by atoms with Gasteiger partial charge >= 0.3 is 6.09 Å². The van der Waals surface area contributed by atoms with Crippen LogP contribution in [0.5, 0.6) is 5.75 Å². The van der Waals surface area contributed by atoms with Crippen LogP contribution in [0.15, 0.2) is 18.2 Å². The molecule has 0 unspecified atom stereocenters. The predicted octanol–water partition coefficient (Wildman–Crippen LogP) is 1.54. The lowest BCUT2D eigenvalue weighted by atomic mass is 10.2. The lowest BCUT2D eigenvalue weighted by molar-refractivity contribution is 0.131. The fourth-order valence-corrected chi connectivity index (χ4v) is 1.19. The first-order chi connectivity index (χ1) is 7.67. The van der Waals surface area contributed by atoms with Gasteiger partial charge in [0.05, 0.1) is 19.4 Å². The molecule has 16 heavy (non-hydrogen) atoms. The average molecular weight is 225 g/mol. The Balaban J connectivity index is 2.69. The third-order valence-corrected chi connectivity index (χ3v) is 1.92. The predicted molar refractivity (Wildman–Crippen MR) is 59.8 cm³/mol. The molecule has 2 N–H and O–H groups in total. The molecule has 1 rings (SSSR count). The molecule has 1 aromatic rings. The zero-order chi connectivity index (χ0) is 12.0. The molecular formula is C11H15NO4. The van der Waals surface area contributed by atoms with Crippen LogP contribution in [-0.2, 0) is 4.74 Å². The maximum absolute atomic E-state index is 11.2. The normalized spacial score (nSPS) is 9.69. The van der Waals surface area contributed by atoms with Gasteiger partial charge in [-0.1, -0.05) is 6.07 Å². The fraction of sp³-hybridized carbons (Fsp3) is 0.364. The first-order valence-electron chi connectivity index (χ1n) is 4.86. The van der Waals surface area contributed by atoms with Crippen molar-refractivity contribution in [3.05, 3.63) is 23.8 Å². The van der Waals surface area contributed by atoms with Crippen LogP contribution in [-0.4, -0.2) is 31.5 Å². The van der Waals surface area contributed by atoms with Crippen LogP contribution in [0.3, 0.4) is 0 Å². The van der Waals surface area contributed by atoms with Crippen molar-refractivity contribution in [3.63, 3.8) is 0 Å². The van der Waals surface area contributed by atoms with Crippen molar-refractivity contribution >= 4 is 11.8 Å². The van der Waals surface area contributed by atoms with Crippen molar-refractivity contribution in [1.82, 2.24) is 0 Å². The second kappa shape index (κ2) is 5.97. The summed E-state index contributed by atoms with van der Waals surface area (Å²) in [5.74, 6) is 0.570. The smallest absolute Gasteiger partial charge is 0.411 e. The van der Waals surface area contributed by atoms with Crippen LogP contribution in [0.25, 0.3) is 0 Å². The first-order valence-corrected chi connectivity index (χ1v) is 4.86. The molecule has 0 heterocycles. The molecule has 0 aromatic heterocycles. The van der Waals surface area contributed by atoms with Gasteiger partial charge in [0.2, 0.25) is 0 Å². The molecule has 0 fully saturated rings. The topological polar surface area (TPSA) is 67.8 Å². The van der Waals surface area contributed by atoms with Crippen molar-refractivity contribution in [2.45, 2.75) is 6.92 Å². The molecule has 0 bridgehead atoms. The fourth-order valence-electron chi connectivity index (χ4n) is 1.19. The van der Waals surface area contributed by atoms with Gasteiger partial charge in [-0.15, -0.1) is 0 Å². The zero-order valence-corrected chi connectivity index (χ0v) is 9.32. The lowest BCUT2D eigenvalue weighted by Crippen LogP contribution is -2.16. The minimum atomic E-state index is -0.615. The van der Waals surface area contributed by atoms with Crippen LogP contribution in [0.2, 0.25) is 0 Å². The van der Waals surface area contributed by atoms with E-state index in [-0.39, 0.29) is 13.2 Å². The quantitative estimate of drug-likeness (QED) is 0.815. The summed E-state index contributed by atoms with van der Waals surface area (Å²) < 4.78 is 9.78. The molecule has 0 spiro atoms. The number of hydrogen-bond donors (Lipinski definition) is 2. The number of aryl methyl sites for hydroxylation is 1. The summed E-state index contributed by atoms with van der Waals surface area (Å²) in [7, 11) is 1.53. The van der Waals surface area contributed by atoms with Crippen molar-refractivity contribution in [3.8, 4) is 5.75 Å². The van der Waals surface area contributed by atoms with E-state index in [0.717, 1.165) is 5.56 Å². The number of ether oxygens (including phenoxy) is 2. The third-order valence-electron chi connectivity index (χ3n) is 1.92. The highest BCUT2D eigenvalue weighted by molar-refractivity contribution is 5.86. The molecule has 0 aliphatic rings. The maximum atomic E-state index is 11.2. The number of aliphatic hydroxyl groups excluding tert-OH is 1. The Hall–Kier alpha value is -1.75. The van der Waals surface area contributed by atoms with Crippen LogP contribution < -0.4 is 10.1 Å². The zero-order valence-electron chi connectivity index (χ0n) is 9.32. The maximum Gasteiger partial charge on any atom is 0.411 e. The Morgan fingerprint density at radius 3 is 2.88 bits per heavy atom. The molecule has 5 heteroatoms. The second-order valence-electron chi connectivity index (χ2n) is 3.19. The van der Waals surface area contributed by atoms with Crippen molar-refractivity contribution in [1.29, 1.82) is 0 Å². The molecule has 1 aromatic carbocycles. The van der Waals surface area contributed by atoms with E-state index >= 15 is 0 Å². The summed E-state index contributed by atoms with van der Waals surface area (Å²) in [6.07, 6.45) is -0.615. The van der Waals surface area contributed by atoms with Gasteiger partial charge in [0.15, 0.2) is 0 Å². The van der Waals surface area contributed by atoms with Gasteiger partial charge in [-0.05, 0) is 24.6 Å². The number of carbonyl (C=O) groups is 1. The van der Waals surface area contributed by atoms with Gasteiger partial charge < -0.3 is 14.6 Å². The van der Waals surface area contributed by atoms with E-state index in [1.165, 1.54) is 7.11 Å². The van der Waals surface area contributed by atoms with E-state index in [1.54, 1.807) is 6.07 Å². The van der Waals surface area contributed by atoms with Gasteiger partial charge in [-0.25, -0.2) is 4.79 Å². The minimum Gasteiger partial charge on any atom is -0.495 e. The number of anilines is 1. The molecule has 1 amide bonds. The van der Waals surface area contributed by atoms with E-state index in [2.05, 4.69) is 10.1 Å². The largest absolute Gasteiger partial charge is 0.495 e. The Bertz CT molecular complexity index is 365. The van der Waals surface area contributed by atoms with Gasteiger partial charge in [-0.2, -0.15) is 0 Å². The number of methoxy groups -OCH3 is 1. The summed E-state index contributed by atoms with van der Waals surface area (Å²) in [6, 6.07) is 5.39. The molecule has 0 aliphatic carbocycles. The first kappa shape index (κ1) is 12.3. The van der Waals surface area contributed by atoms with Crippen molar-refractivity contribution in [2.24, 2.45) is 0 Å². The van der Waals surface area contributed by atoms with Crippen molar-refractivity contribution < 1.29 is 19.4 Å². The highest BCUT2D eigenvalue weighted by Crippen LogP contribution is 2.25. The molecule has 0 atom stereocenters. The molecule has 0 saturated heterocycles. The van der Waals surface area contributed by atoms with E-state index in [0.29, 0.717) is 11.4 Å². The third kappa shape index (κ3) is 3.43. The number of benzene rings is 1. The monoisotopic (exact) mass is 225 g/mol. The lowest BCUT2D eigenvalue weighted by Gasteiger charge is -2.10. The number of nitrogens with one attached hydrogen (secondary N) is 1. The molecule has 0 radical (unpaired) electrons. The highest BCUT2D eigenvalue weighted by Gasteiger charge is 2.07. The van der Waals surface area contributed by atoms with Gasteiger partial charge in [-0.3, -0.25) is 5.32 Å². The number of amides is 1. The summed E-state index contributed by atoms with van der Waals surface area (Å²) >= 11 is 0. The molecule has 88 valence electrons. The molecule has 5 nitrogen and oxygen atoms in total. The summed E-state index contributed by atoms with van der Waals surface area (Å²) in [4.78, 5) is 11.2. The van der Waals surface area contributed by atoms with E-state index < -0.39 is 6.09 Å². The number of hydrogen-bond acceptors (Lipinski definition) is 4. The van der Waals surface area contributed by atoms with E-state index in [9.17, 15) is 4.79 Å². The molecule has 0 aliphatic heterocycles. The van der Waals surface area contributed by atoms with Gasteiger partial charge in [0.1, 0.15) is 12.4 Å². The Morgan fingerprint density at radius 1 is 1.50 bits per heavy atom. The standard InChI is InChI=1S/C11H15NO4/c1-8-3-4-9(10(7-8)15-2)12-11(14)16-6-5-13/h3-4,7,13H,5-6H2,1-2H3,(H,12,14). The molecular weight excluding hydrogens is 210 g/mol. The Kier molecular flexibility index (Phi) is 4.60. The SMILES string of the molecule is COc1cc(C)ccc1NC(=O)OCCO. The second-order valence-corrected chi connectivity index (χ2v) is 3.19. The van der Waals surface area contributed by atoms with E-state index in [4.69, 9.17) is 9.84 Å². The van der Waals surface area contributed by atoms with Crippen molar-refractivity contribution in [2.75, 3.05) is 25.6 Å². The van der Waals surface area contributed by atoms with E-state index in [1.807, 2.05) is 19.1 Å². The van der Waals surface area contributed by atoms with Gasteiger partial charge in [0.25, 0.3) is 0 Å². The number of aliphatic hydroxyl groups is 1. The average Bonchev–Trinajstić information content (AvgIpc) is 2.28. The number of rotatable bonds is 4. The minimum absolute atomic E-state index is 0.0278. The Labute approximate surface area is 94.0 Å². The van der Waals surface area contributed by atoms with Crippen LogP contribution in [0.1, 0.15) is 5.56 Å². The van der Waals surface area contributed by atoms with Crippen LogP contribution >= 0.6 is 0 Å². The summed E-state index contributed by atoms with van der Waals surface area (Å²) in [5, 5.41) is 11.0. The summed E-state index contributed by atoms with van der Waals surface area (Å²) in [6.45, 7) is 1.70. The van der Waals surface area contributed by atoms with Crippen LogP contribution in [0.4, 0.5) is 10.5 Å². The highest BCUT2D eigenvalue weighted by atomic mass is 16.6. The van der Waals surface area contributed by atoms with Crippen LogP contribution in [0, 0.1) is 6.92 Å². The molecule has 0 saturated carbocycles. The Morgan fingerprint density at radius 2 is 2.25 bits per heavy atom. The van der Waals surface area contributed by atoms with Gasteiger partial charge in [0, 0.05) is 0 Å². The summed E-state index contributed by atoms with van der Waals surface area (Å²) in [5.41, 5.74) is 1.57.